The van der Waals surface area contributed by atoms with Crippen LogP contribution in [0.3, 0.4) is 0 Å². The fourth-order valence-electron chi connectivity index (χ4n) is 2.03. The van der Waals surface area contributed by atoms with Gasteiger partial charge in [-0.2, -0.15) is 0 Å². The van der Waals surface area contributed by atoms with Crippen molar-refractivity contribution in [1.29, 1.82) is 0 Å². The molecule has 1 aromatic rings. The van der Waals surface area contributed by atoms with Gasteiger partial charge in [0.05, 0.1) is 7.11 Å². The molecule has 118 valence electrons. The lowest BCUT2D eigenvalue weighted by atomic mass is 10.2. The van der Waals surface area contributed by atoms with E-state index in [9.17, 15) is 9.59 Å². The minimum absolute atomic E-state index is 0.153. The molecular formula is C15H15Cl2NO3S. The van der Waals surface area contributed by atoms with Crippen LogP contribution in [0.15, 0.2) is 24.3 Å². The van der Waals surface area contributed by atoms with E-state index in [1.54, 1.807) is 29.2 Å². The van der Waals surface area contributed by atoms with Gasteiger partial charge in [0, 0.05) is 35.0 Å². The van der Waals surface area contributed by atoms with Crippen molar-refractivity contribution in [2.45, 2.75) is 5.25 Å². The Morgan fingerprint density at radius 2 is 2.18 bits per heavy atom. The van der Waals surface area contributed by atoms with Gasteiger partial charge in [-0.1, -0.05) is 29.3 Å². The fraction of sp³-hybridized carbons (Fsp3) is 0.333. The zero-order chi connectivity index (χ0) is 16.1. The summed E-state index contributed by atoms with van der Waals surface area (Å²) in [5, 5.41) is 0.704. The molecule has 1 heterocycles. The Bertz CT molecular complexity index is 606. The number of carbonyl (C=O) groups excluding carboxylic acids is 2. The SMILES string of the molecule is COC(=O)[C@@H]1CN(C(=O)/C=C/c2ccc(Cl)cc2Cl)CCS1. The fourth-order valence-corrected chi connectivity index (χ4v) is 3.63. The lowest BCUT2D eigenvalue weighted by molar-refractivity contribution is -0.140. The maximum absolute atomic E-state index is 12.2. The molecule has 1 aromatic carbocycles. The van der Waals surface area contributed by atoms with E-state index in [0.29, 0.717) is 28.9 Å². The van der Waals surface area contributed by atoms with Gasteiger partial charge in [-0.25, -0.2) is 0 Å². The first-order chi connectivity index (χ1) is 10.5. The lowest BCUT2D eigenvalue weighted by Gasteiger charge is -2.30. The summed E-state index contributed by atoms with van der Waals surface area (Å²) in [6.45, 7) is 0.963. The molecule has 1 aliphatic rings. The van der Waals surface area contributed by atoms with Crippen LogP contribution in [0.4, 0.5) is 0 Å². The van der Waals surface area contributed by atoms with Gasteiger partial charge in [0.25, 0.3) is 0 Å². The van der Waals surface area contributed by atoms with Crippen molar-refractivity contribution in [3.05, 3.63) is 39.9 Å². The van der Waals surface area contributed by atoms with E-state index in [1.807, 2.05) is 0 Å². The lowest BCUT2D eigenvalue weighted by Crippen LogP contribution is -2.44. The molecule has 0 N–H and O–H groups in total. The average molecular weight is 360 g/mol. The van der Waals surface area contributed by atoms with E-state index in [1.165, 1.54) is 24.9 Å². The molecule has 0 unspecified atom stereocenters. The molecular weight excluding hydrogens is 345 g/mol. The molecule has 0 aromatic heterocycles. The third kappa shape index (κ3) is 4.41. The van der Waals surface area contributed by atoms with Gasteiger partial charge in [-0.3, -0.25) is 9.59 Å². The summed E-state index contributed by atoms with van der Waals surface area (Å²) < 4.78 is 4.73. The van der Waals surface area contributed by atoms with Crippen LogP contribution in [0.2, 0.25) is 10.0 Å². The summed E-state index contributed by atoms with van der Waals surface area (Å²) in [5.41, 5.74) is 0.718. The van der Waals surface area contributed by atoms with E-state index >= 15 is 0 Å². The van der Waals surface area contributed by atoms with Crippen LogP contribution in [0.1, 0.15) is 5.56 Å². The zero-order valence-electron chi connectivity index (χ0n) is 11.9. The number of benzene rings is 1. The number of methoxy groups -OCH3 is 1. The monoisotopic (exact) mass is 359 g/mol. The summed E-state index contributed by atoms with van der Waals surface area (Å²) in [4.78, 5) is 25.4. The Morgan fingerprint density at radius 1 is 1.41 bits per heavy atom. The predicted molar refractivity (Wildman–Crippen MR) is 90.3 cm³/mol. The first kappa shape index (κ1) is 17.2. The zero-order valence-corrected chi connectivity index (χ0v) is 14.2. The highest BCUT2D eigenvalue weighted by atomic mass is 35.5. The average Bonchev–Trinajstić information content (AvgIpc) is 2.53. The number of halogens is 2. The second kappa shape index (κ2) is 7.90. The Kier molecular flexibility index (Phi) is 6.17. The number of thioether (sulfide) groups is 1. The van der Waals surface area contributed by atoms with Crippen molar-refractivity contribution in [2.24, 2.45) is 0 Å². The molecule has 4 nitrogen and oxygen atoms in total. The van der Waals surface area contributed by atoms with E-state index < -0.39 is 0 Å². The predicted octanol–water partition coefficient (Wildman–Crippen LogP) is 3.12. The number of nitrogens with zero attached hydrogens (tertiary/aromatic N) is 1. The molecule has 1 atom stereocenters. The summed E-state index contributed by atoms with van der Waals surface area (Å²) in [6.07, 6.45) is 3.11. The summed E-state index contributed by atoms with van der Waals surface area (Å²) >= 11 is 13.4. The molecule has 0 radical (unpaired) electrons. The molecule has 1 amide bonds. The standard InChI is InChI=1S/C15H15Cl2NO3S/c1-21-15(20)13-9-18(6-7-22-13)14(19)5-3-10-2-4-11(16)8-12(10)17/h2-5,8,13H,6-7,9H2,1H3/b5-3+/t13-/m0/s1. The van der Waals surface area contributed by atoms with Crippen molar-refractivity contribution in [1.82, 2.24) is 4.90 Å². The molecule has 1 fully saturated rings. The number of hydrogen-bond donors (Lipinski definition) is 0. The number of amides is 1. The maximum Gasteiger partial charge on any atom is 0.320 e. The molecule has 1 saturated heterocycles. The molecule has 0 aliphatic carbocycles. The van der Waals surface area contributed by atoms with Crippen LogP contribution in [0, 0.1) is 0 Å². The number of esters is 1. The molecule has 0 spiro atoms. The topological polar surface area (TPSA) is 46.6 Å². The largest absolute Gasteiger partial charge is 0.468 e. The van der Waals surface area contributed by atoms with Gasteiger partial charge in [0.2, 0.25) is 5.91 Å². The van der Waals surface area contributed by atoms with E-state index in [2.05, 4.69) is 0 Å². The van der Waals surface area contributed by atoms with Crippen LogP contribution >= 0.6 is 35.0 Å². The number of rotatable bonds is 3. The first-order valence-corrected chi connectivity index (χ1v) is 8.43. The van der Waals surface area contributed by atoms with Gasteiger partial charge < -0.3 is 9.64 Å². The maximum atomic E-state index is 12.2. The van der Waals surface area contributed by atoms with Gasteiger partial charge in [0.1, 0.15) is 5.25 Å². The quantitative estimate of drug-likeness (QED) is 0.614. The highest BCUT2D eigenvalue weighted by Gasteiger charge is 2.28. The molecule has 22 heavy (non-hydrogen) atoms. The van der Waals surface area contributed by atoms with Crippen LogP contribution in [-0.2, 0) is 14.3 Å². The Hall–Kier alpha value is -1.17. The second-order valence-electron chi connectivity index (χ2n) is 4.67. The Balaban J connectivity index is 2.02. The third-order valence-corrected chi connectivity index (χ3v) is 4.93. The molecule has 0 bridgehead atoms. The Morgan fingerprint density at radius 3 is 2.86 bits per heavy atom. The van der Waals surface area contributed by atoms with Gasteiger partial charge in [0.15, 0.2) is 0 Å². The van der Waals surface area contributed by atoms with Crippen LogP contribution in [0.5, 0.6) is 0 Å². The van der Waals surface area contributed by atoms with Crippen LogP contribution in [-0.4, -0.2) is 48.0 Å². The van der Waals surface area contributed by atoms with Crippen LogP contribution in [0.25, 0.3) is 6.08 Å². The summed E-state index contributed by atoms with van der Waals surface area (Å²) in [7, 11) is 1.35. The third-order valence-electron chi connectivity index (χ3n) is 3.21. The number of hydrogen-bond acceptors (Lipinski definition) is 4. The highest BCUT2D eigenvalue weighted by Crippen LogP contribution is 2.23. The number of carbonyl (C=O) groups is 2. The van der Waals surface area contributed by atoms with E-state index in [4.69, 9.17) is 27.9 Å². The molecule has 0 saturated carbocycles. The minimum atomic E-state index is -0.324. The van der Waals surface area contributed by atoms with Crippen molar-refractivity contribution >= 4 is 52.9 Å². The first-order valence-electron chi connectivity index (χ1n) is 6.62. The molecule has 7 heteroatoms. The smallest absolute Gasteiger partial charge is 0.320 e. The van der Waals surface area contributed by atoms with Gasteiger partial charge >= 0.3 is 5.97 Å². The second-order valence-corrected chi connectivity index (χ2v) is 6.82. The van der Waals surface area contributed by atoms with Gasteiger partial charge in [-0.05, 0) is 23.8 Å². The molecule has 2 rings (SSSR count). The Labute approximate surface area is 143 Å². The summed E-state index contributed by atoms with van der Waals surface area (Å²) in [6, 6.07) is 5.08. The minimum Gasteiger partial charge on any atom is -0.468 e. The van der Waals surface area contributed by atoms with E-state index in [0.717, 1.165) is 5.56 Å². The van der Waals surface area contributed by atoms with E-state index in [-0.39, 0.29) is 17.1 Å². The van der Waals surface area contributed by atoms with Crippen molar-refractivity contribution in [3.8, 4) is 0 Å². The number of ether oxygens (including phenoxy) is 1. The summed E-state index contributed by atoms with van der Waals surface area (Å²) in [5.74, 6) is 0.258. The van der Waals surface area contributed by atoms with Crippen molar-refractivity contribution in [2.75, 3.05) is 26.0 Å². The molecule has 1 aliphatic heterocycles. The van der Waals surface area contributed by atoms with Crippen molar-refractivity contribution in [3.63, 3.8) is 0 Å². The van der Waals surface area contributed by atoms with Crippen molar-refractivity contribution < 1.29 is 14.3 Å². The normalized spacial score (nSPS) is 18.5. The van der Waals surface area contributed by atoms with Gasteiger partial charge in [-0.15, -0.1) is 11.8 Å². The van der Waals surface area contributed by atoms with Crippen LogP contribution < -0.4 is 0 Å². The highest BCUT2D eigenvalue weighted by molar-refractivity contribution is 8.00.